The fourth-order valence-corrected chi connectivity index (χ4v) is 2.36. The quantitative estimate of drug-likeness (QED) is 0.740. The number of fused-ring (bicyclic) bond motifs is 1. The summed E-state index contributed by atoms with van der Waals surface area (Å²) >= 11 is 3.40. The summed E-state index contributed by atoms with van der Waals surface area (Å²) in [6.45, 7) is 0. The minimum absolute atomic E-state index is 0.201. The summed E-state index contributed by atoms with van der Waals surface area (Å²) in [5.41, 5.74) is 1.78. The topological polar surface area (TPSA) is 30.2 Å². The van der Waals surface area contributed by atoms with Gasteiger partial charge in [0.15, 0.2) is 5.65 Å². The Bertz CT molecular complexity index is 724. The first-order valence-corrected chi connectivity index (χ1v) is 6.75. The molecule has 0 saturated heterocycles. The van der Waals surface area contributed by atoms with E-state index in [1.54, 1.807) is 12.1 Å². The van der Waals surface area contributed by atoms with Crippen molar-refractivity contribution >= 4 is 21.6 Å². The van der Waals surface area contributed by atoms with Crippen LogP contribution < -0.4 is 0 Å². The summed E-state index contributed by atoms with van der Waals surface area (Å²) in [4.78, 5) is 0. The predicted molar refractivity (Wildman–Crippen MR) is 74.5 cm³/mol. The number of pyridine rings is 1. The van der Waals surface area contributed by atoms with Gasteiger partial charge in [-0.1, -0.05) is 28.1 Å². The highest BCUT2D eigenvalue weighted by Crippen LogP contribution is 2.14. The predicted octanol–water partition coefficient (Wildman–Crippen LogP) is 3.42. The molecule has 2 heterocycles. The van der Waals surface area contributed by atoms with E-state index >= 15 is 0 Å². The van der Waals surface area contributed by atoms with Crippen molar-refractivity contribution in [3.8, 4) is 0 Å². The van der Waals surface area contributed by atoms with Crippen LogP contribution in [0.3, 0.4) is 0 Å². The maximum absolute atomic E-state index is 13.1. The molecule has 1 aromatic carbocycles. The molecule has 0 unspecified atom stereocenters. The van der Waals surface area contributed by atoms with Crippen LogP contribution in [0.15, 0.2) is 47.1 Å². The van der Waals surface area contributed by atoms with Gasteiger partial charge in [0.05, 0.1) is 0 Å². The van der Waals surface area contributed by atoms with E-state index in [9.17, 15) is 4.39 Å². The van der Waals surface area contributed by atoms with Crippen LogP contribution in [-0.4, -0.2) is 14.6 Å². The van der Waals surface area contributed by atoms with Gasteiger partial charge < -0.3 is 0 Å². The number of nitrogens with zero attached hydrogens (tertiary/aromatic N) is 3. The summed E-state index contributed by atoms with van der Waals surface area (Å²) in [6.07, 6.45) is 3.40. The van der Waals surface area contributed by atoms with E-state index in [0.717, 1.165) is 34.3 Å². The normalized spacial score (nSPS) is 11.1. The molecular formula is C14H11BrFN3. The molecule has 0 aliphatic carbocycles. The molecule has 0 amide bonds. The molecule has 2 aromatic heterocycles. The van der Waals surface area contributed by atoms with Crippen molar-refractivity contribution in [3.05, 3.63) is 64.3 Å². The van der Waals surface area contributed by atoms with E-state index in [-0.39, 0.29) is 5.82 Å². The lowest BCUT2D eigenvalue weighted by Gasteiger charge is -2.01. The second-order valence-corrected chi connectivity index (χ2v) is 5.23. The minimum Gasteiger partial charge on any atom is -0.286 e. The number of hydrogen-bond acceptors (Lipinski definition) is 2. The molecule has 0 bridgehead atoms. The molecule has 3 aromatic rings. The first-order valence-electron chi connectivity index (χ1n) is 5.96. The summed E-state index contributed by atoms with van der Waals surface area (Å²) in [7, 11) is 0. The first-order chi connectivity index (χ1) is 9.22. The Morgan fingerprint density at radius 3 is 2.84 bits per heavy atom. The number of rotatable bonds is 3. The third kappa shape index (κ3) is 2.66. The zero-order valence-electron chi connectivity index (χ0n) is 10.1. The van der Waals surface area contributed by atoms with E-state index in [1.807, 2.05) is 28.8 Å². The van der Waals surface area contributed by atoms with Crippen molar-refractivity contribution in [1.29, 1.82) is 0 Å². The zero-order valence-corrected chi connectivity index (χ0v) is 11.6. The Morgan fingerprint density at radius 1 is 1.11 bits per heavy atom. The van der Waals surface area contributed by atoms with Gasteiger partial charge in [-0.2, -0.15) is 0 Å². The van der Waals surface area contributed by atoms with Crippen molar-refractivity contribution in [2.45, 2.75) is 12.8 Å². The van der Waals surface area contributed by atoms with Gasteiger partial charge >= 0.3 is 0 Å². The van der Waals surface area contributed by atoms with Gasteiger partial charge in [-0.05, 0) is 36.2 Å². The summed E-state index contributed by atoms with van der Waals surface area (Å²) < 4.78 is 16.0. The van der Waals surface area contributed by atoms with Crippen molar-refractivity contribution in [2.24, 2.45) is 0 Å². The Morgan fingerprint density at radius 2 is 2.00 bits per heavy atom. The molecule has 0 atom stereocenters. The molecule has 0 N–H and O–H groups in total. The molecule has 96 valence electrons. The van der Waals surface area contributed by atoms with E-state index in [4.69, 9.17) is 0 Å². The van der Waals surface area contributed by atoms with Crippen LogP contribution in [0.25, 0.3) is 5.65 Å². The van der Waals surface area contributed by atoms with Crippen LogP contribution in [0.4, 0.5) is 4.39 Å². The van der Waals surface area contributed by atoms with Crippen LogP contribution >= 0.6 is 15.9 Å². The van der Waals surface area contributed by atoms with Crippen molar-refractivity contribution < 1.29 is 4.39 Å². The molecule has 5 heteroatoms. The van der Waals surface area contributed by atoms with Crippen LogP contribution in [0.5, 0.6) is 0 Å². The fourth-order valence-electron chi connectivity index (χ4n) is 2.03. The Balaban J connectivity index is 1.82. The van der Waals surface area contributed by atoms with E-state index in [2.05, 4.69) is 26.1 Å². The van der Waals surface area contributed by atoms with Crippen LogP contribution in [0.1, 0.15) is 11.4 Å². The van der Waals surface area contributed by atoms with Gasteiger partial charge in [0.25, 0.3) is 0 Å². The fraction of sp³-hybridized carbons (Fsp3) is 0.143. The summed E-state index contributed by atoms with van der Waals surface area (Å²) in [5, 5.41) is 8.29. The van der Waals surface area contributed by atoms with Crippen molar-refractivity contribution in [3.63, 3.8) is 0 Å². The maximum atomic E-state index is 13.1. The molecule has 0 radical (unpaired) electrons. The number of aryl methyl sites for hydroxylation is 2. The van der Waals surface area contributed by atoms with Gasteiger partial charge in [-0.15, -0.1) is 10.2 Å². The average Bonchev–Trinajstić information content (AvgIpc) is 2.78. The second-order valence-electron chi connectivity index (χ2n) is 4.32. The smallest absolute Gasteiger partial charge is 0.161 e. The van der Waals surface area contributed by atoms with E-state index in [0.29, 0.717) is 0 Å². The molecule has 19 heavy (non-hydrogen) atoms. The lowest BCUT2D eigenvalue weighted by Crippen LogP contribution is -1.98. The average molecular weight is 320 g/mol. The van der Waals surface area contributed by atoms with E-state index < -0.39 is 0 Å². The van der Waals surface area contributed by atoms with Crippen LogP contribution in [-0.2, 0) is 12.8 Å². The van der Waals surface area contributed by atoms with E-state index in [1.165, 1.54) is 6.07 Å². The van der Waals surface area contributed by atoms with Gasteiger partial charge in [-0.25, -0.2) is 4.39 Å². The Kier molecular flexibility index (Phi) is 3.29. The number of benzene rings is 1. The molecule has 3 rings (SSSR count). The Labute approximate surface area is 118 Å². The van der Waals surface area contributed by atoms with Gasteiger partial charge in [0, 0.05) is 17.1 Å². The standard InChI is InChI=1S/C14H11BrFN3/c15-11-6-7-19-13(17-18-14(19)9-11)5-4-10-2-1-3-12(16)8-10/h1-3,6-9H,4-5H2. The molecule has 3 nitrogen and oxygen atoms in total. The first kappa shape index (κ1) is 12.3. The van der Waals surface area contributed by atoms with Crippen LogP contribution in [0, 0.1) is 5.82 Å². The highest BCUT2D eigenvalue weighted by molar-refractivity contribution is 9.10. The number of hydrogen-bond donors (Lipinski definition) is 0. The molecular weight excluding hydrogens is 309 g/mol. The lowest BCUT2D eigenvalue weighted by atomic mass is 10.1. The van der Waals surface area contributed by atoms with Crippen molar-refractivity contribution in [1.82, 2.24) is 14.6 Å². The minimum atomic E-state index is -0.201. The number of halogens is 2. The Hall–Kier alpha value is -1.75. The highest BCUT2D eigenvalue weighted by Gasteiger charge is 2.06. The third-order valence-electron chi connectivity index (χ3n) is 2.97. The SMILES string of the molecule is Fc1cccc(CCc2nnc3cc(Br)ccn23)c1. The molecule has 0 aliphatic rings. The monoisotopic (exact) mass is 319 g/mol. The lowest BCUT2D eigenvalue weighted by molar-refractivity contribution is 0.625. The summed E-state index contributed by atoms with van der Waals surface area (Å²) in [5.74, 6) is 0.680. The van der Waals surface area contributed by atoms with Crippen LogP contribution in [0.2, 0.25) is 0 Å². The molecule has 0 aliphatic heterocycles. The largest absolute Gasteiger partial charge is 0.286 e. The number of aromatic nitrogens is 3. The molecule has 0 spiro atoms. The van der Waals surface area contributed by atoms with Gasteiger partial charge in [0.1, 0.15) is 11.6 Å². The van der Waals surface area contributed by atoms with Gasteiger partial charge in [-0.3, -0.25) is 4.40 Å². The highest BCUT2D eigenvalue weighted by atomic mass is 79.9. The second kappa shape index (κ2) is 5.09. The maximum Gasteiger partial charge on any atom is 0.161 e. The van der Waals surface area contributed by atoms with Gasteiger partial charge in [0.2, 0.25) is 0 Å². The van der Waals surface area contributed by atoms with Crippen molar-refractivity contribution in [2.75, 3.05) is 0 Å². The summed E-state index contributed by atoms with van der Waals surface area (Å²) in [6, 6.07) is 10.5. The third-order valence-corrected chi connectivity index (χ3v) is 3.46. The molecule has 0 fully saturated rings. The molecule has 0 saturated carbocycles. The zero-order chi connectivity index (χ0) is 13.2.